The monoisotopic (exact) mass is 220 g/mol. The molecule has 0 aromatic carbocycles. The Hall–Kier alpha value is -1.67. The largest absolute Gasteiger partial charge is 0.309 e. The first-order chi connectivity index (χ1) is 7.71. The summed E-state index contributed by atoms with van der Waals surface area (Å²) >= 11 is 0. The standard InChI is InChI=1S/C11H16N4O/c1-3-15(4-2)6-5-10-13-8-9(7-12)11(16)14-10/h8H,3-6H2,1-2H3,(H,13,14,16). The second kappa shape index (κ2) is 6.03. The summed E-state index contributed by atoms with van der Waals surface area (Å²) in [6.45, 7) is 7.02. The smallest absolute Gasteiger partial charge is 0.268 e. The van der Waals surface area contributed by atoms with Crippen molar-refractivity contribution in [1.29, 1.82) is 5.26 Å². The van der Waals surface area contributed by atoms with Crippen LogP contribution in [0.15, 0.2) is 11.0 Å². The van der Waals surface area contributed by atoms with Crippen LogP contribution in [-0.4, -0.2) is 34.5 Å². The van der Waals surface area contributed by atoms with Crippen LogP contribution in [0.1, 0.15) is 25.2 Å². The van der Waals surface area contributed by atoms with Crippen LogP contribution in [0, 0.1) is 11.3 Å². The van der Waals surface area contributed by atoms with Crippen molar-refractivity contribution in [3.8, 4) is 6.07 Å². The minimum absolute atomic E-state index is 0.0617. The highest BCUT2D eigenvalue weighted by Crippen LogP contribution is 1.94. The molecule has 5 heteroatoms. The molecule has 5 nitrogen and oxygen atoms in total. The highest BCUT2D eigenvalue weighted by molar-refractivity contribution is 5.21. The number of nitrogens with one attached hydrogen (secondary N) is 1. The molecule has 0 radical (unpaired) electrons. The van der Waals surface area contributed by atoms with Gasteiger partial charge in [-0.2, -0.15) is 5.26 Å². The zero-order valence-electron chi connectivity index (χ0n) is 9.66. The van der Waals surface area contributed by atoms with E-state index in [4.69, 9.17) is 5.26 Å². The molecule has 0 saturated carbocycles. The van der Waals surface area contributed by atoms with Crippen LogP contribution in [-0.2, 0) is 6.42 Å². The minimum atomic E-state index is -0.355. The second-order valence-electron chi connectivity index (χ2n) is 3.46. The van der Waals surface area contributed by atoms with Gasteiger partial charge in [0.15, 0.2) is 0 Å². The van der Waals surface area contributed by atoms with Crippen molar-refractivity contribution in [2.75, 3.05) is 19.6 Å². The number of H-pyrrole nitrogens is 1. The van der Waals surface area contributed by atoms with E-state index in [1.807, 2.05) is 0 Å². The summed E-state index contributed by atoms with van der Waals surface area (Å²) in [5, 5.41) is 8.59. The van der Waals surface area contributed by atoms with Crippen molar-refractivity contribution in [2.45, 2.75) is 20.3 Å². The van der Waals surface area contributed by atoms with Gasteiger partial charge < -0.3 is 9.88 Å². The van der Waals surface area contributed by atoms with E-state index in [1.54, 1.807) is 6.07 Å². The van der Waals surface area contributed by atoms with Crippen LogP contribution in [0.4, 0.5) is 0 Å². The normalized spacial score (nSPS) is 10.4. The van der Waals surface area contributed by atoms with Crippen molar-refractivity contribution in [3.63, 3.8) is 0 Å². The van der Waals surface area contributed by atoms with Gasteiger partial charge in [-0.05, 0) is 13.1 Å². The maximum atomic E-state index is 11.3. The Kier molecular flexibility index (Phi) is 4.67. The maximum Gasteiger partial charge on any atom is 0.268 e. The van der Waals surface area contributed by atoms with Crippen LogP contribution in [0.3, 0.4) is 0 Å². The molecule has 1 aromatic heterocycles. The first kappa shape index (κ1) is 12.4. The van der Waals surface area contributed by atoms with Gasteiger partial charge in [-0.1, -0.05) is 13.8 Å². The lowest BCUT2D eigenvalue weighted by atomic mass is 10.3. The van der Waals surface area contributed by atoms with Crippen LogP contribution < -0.4 is 5.56 Å². The number of aromatic amines is 1. The molecular weight excluding hydrogens is 204 g/mol. The van der Waals surface area contributed by atoms with E-state index in [0.29, 0.717) is 12.2 Å². The lowest BCUT2D eigenvalue weighted by Gasteiger charge is -2.16. The fraction of sp³-hybridized carbons (Fsp3) is 0.545. The van der Waals surface area contributed by atoms with Gasteiger partial charge >= 0.3 is 0 Å². The molecule has 86 valence electrons. The summed E-state index contributed by atoms with van der Waals surface area (Å²) in [5.74, 6) is 0.635. The number of aromatic nitrogens is 2. The first-order valence-electron chi connectivity index (χ1n) is 5.41. The molecule has 0 fully saturated rings. The number of hydrogen-bond acceptors (Lipinski definition) is 4. The average molecular weight is 220 g/mol. The van der Waals surface area contributed by atoms with E-state index in [1.165, 1.54) is 6.20 Å². The number of likely N-dealkylation sites (N-methyl/N-ethyl adjacent to an activating group) is 1. The predicted octanol–water partition coefficient (Wildman–Crippen LogP) is 0.526. The zero-order chi connectivity index (χ0) is 12.0. The third-order valence-corrected chi connectivity index (χ3v) is 2.53. The van der Waals surface area contributed by atoms with Gasteiger partial charge in [0, 0.05) is 13.0 Å². The van der Waals surface area contributed by atoms with Crippen LogP contribution >= 0.6 is 0 Å². The zero-order valence-corrected chi connectivity index (χ0v) is 9.66. The van der Waals surface area contributed by atoms with Crippen molar-refractivity contribution in [3.05, 3.63) is 27.9 Å². The molecule has 0 spiro atoms. The third kappa shape index (κ3) is 3.17. The number of nitrogens with zero attached hydrogens (tertiary/aromatic N) is 3. The third-order valence-electron chi connectivity index (χ3n) is 2.53. The van der Waals surface area contributed by atoms with Crippen LogP contribution in [0.2, 0.25) is 0 Å². The van der Waals surface area contributed by atoms with Crippen LogP contribution in [0.25, 0.3) is 0 Å². The molecule has 1 heterocycles. The van der Waals surface area contributed by atoms with E-state index in [-0.39, 0.29) is 11.1 Å². The second-order valence-corrected chi connectivity index (χ2v) is 3.46. The van der Waals surface area contributed by atoms with Gasteiger partial charge in [0.2, 0.25) is 0 Å². The Morgan fingerprint density at radius 2 is 2.19 bits per heavy atom. The average Bonchev–Trinajstić information content (AvgIpc) is 2.30. The Balaban J connectivity index is 2.66. The van der Waals surface area contributed by atoms with Gasteiger partial charge in [-0.15, -0.1) is 0 Å². The number of rotatable bonds is 5. The number of hydrogen-bond donors (Lipinski definition) is 1. The van der Waals surface area contributed by atoms with Gasteiger partial charge in [0.1, 0.15) is 17.5 Å². The molecule has 0 bridgehead atoms. The molecule has 0 aliphatic carbocycles. The Morgan fingerprint density at radius 1 is 1.50 bits per heavy atom. The van der Waals surface area contributed by atoms with Gasteiger partial charge in [-0.3, -0.25) is 4.79 Å². The predicted molar refractivity (Wildman–Crippen MR) is 61.1 cm³/mol. The molecular formula is C11H16N4O. The fourth-order valence-corrected chi connectivity index (χ4v) is 1.44. The van der Waals surface area contributed by atoms with E-state index < -0.39 is 0 Å². The molecule has 1 rings (SSSR count). The lowest BCUT2D eigenvalue weighted by molar-refractivity contribution is 0.305. The summed E-state index contributed by atoms with van der Waals surface area (Å²) in [7, 11) is 0. The molecule has 0 aliphatic rings. The maximum absolute atomic E-state index is 11.3. The van der Waals surface area contributed by atoms with E-state index in [0.717, 1.165) is 19.6 Å². The molecule has 1 N–H and O–H groups in total. The van der Waals surface area contributed by atoms with Crippen molar-refractivity contribution >= 4 is 0 Å². The topological polar surface area (TPSA) is 72.8 Å². The molecule has 0 saturated heterocycles. The lowest BCUT2D eigenvalue weighted by Crippen LogP contribution is -2.26. The summed E-state index contributed by atoms with van der Waals surface area (Å²) in [6.07, 6.45) is 2.03. The Labute approximate surface area is 94.7 Å². The van der Waals surface area contributed by atoms with Gasteiger partial charge in [-0.25, -0.2) is 4.98 Å². The van der Waals surface area contributed by atoms with Crippen LogP contribution in [0.5, 0.6) is 0 Å². The summed E-state index contributed by atoms with van der Waals surface area (Å²) < 4.78 is 0. The van der Waals surface area contributed by atoms with Gasteiger partial charge in [0.25, 0.3) is 5.56 Å². The highest BCUT2D eigenvalue weighted by atomic mass is 16.1. The highest BCUT2D eigenvalue weighted by Gasteiger charge is 2.04. The van der Waals surface area contributed by atoms with Crippen molar-refractivity contribution < 1.29 is 0 Å². The summed E-state index contributed by atoms with van der Waals surface area (Å²) in [4.78, 5) is 20.2. The fourth-order valence-electron chi connectivity index (χ4n) is 1.44. The number of nitriles is 1. The molecule has 0 unspecified atom stereocenters. The molecule has 1 aromatic rings. The SMILES string of the molecule is CCN(CC)CCc1ncc(C#N)c(=O)[nH]1. The van der Waals surface area contributed by atoms with E-state index >= 15 is 0 Å². The molecule has 16 heavy (non-hydrogen) atoms. The van der Waals surface area contributed by atoms with Gasteiger partial charge in [0.05, 0.1) is 6.20 Å². The molecule has 0 aliphatic heterocycles. The quantitative estimate of drug-likeness (QED) is 0.785. The first-order valence-corrected chi connectivity index (χ1v) is 5.41. The summed E-state index contributed by atoms with van der Waals surface area (Å²) in [5.41, 5.74) is -0.293. The Bertz CT molecular complexity index is 428. The van der Waals surface area contributed by atoms with E-state index in [9.17, 15) is 4.79 Å². The summed E-state index contributed by atoms with van der Waals surface area (Å²) in [6, 6.07) is 1.79. The van der Waals surface area contributed by atoms with E-state index in [2.05, 4.69) is 28.7 Å². The Morgan fingerprint density at radius 3 is 2.69 bits per heavy atom. The van der Waals surface area contributed by atoms with Crippen molar-refractivity contribution in [1.82, 2.24) is 14.9 Å². The molecule has 0 amide bonds. The minimum Gasteiger partial charge on any atom is -0.309 e. The van der Waals surface area contributed by atoms with Crippen molar-refractivity contribution in [2.24, 2.45) is 0 Å². The molecule has 0 atom stereocenters.